The van der Waals surface area contributed by atoms with Crippen LogP contribution in [0, 0.1) is 10.1 Å². The maximum absolute atomic E-state index is 11.9. The lowest BCUT2D eigenvalue weighted by Crippen LogP contribution is -2.17. The van der Waals surface area contributed by atoms with Crippen molar-refractivity contribution in [3.63, 3.8) is 0 Å². The predicted molar refractivity (Wildman–Crippen MR) is 92.2 cm³/mol. The van der Waals surface area contributed by atoms with E-state index in [1.807, 2.05) is 6.07 Å². The summed E-state index contributed by atoms with van der Waals surface area (Å²) < 4.78 is 0.689. The number of nitrogens with one attached hydrogen (secondary N) is 1. The number of nitro groups is 1. The number of halogens is 1. The predicted octanol–water partition coefficient (Wildman–Crippen LogP) is 3.79. The third kappa shape index (κ3) is 4.86. The molecule has 0 aliphatic carbocycles. The van der Waals surface area contributed by atoms with Gasteiger partial charge in [-0.2, -0.15) is 5.10 Å². The van der Waals surface area contributed by atoms with E-state index in [0.29, 0.717) is 10.0 Å². The van der Waals surface area contributed by atoms with Gasteiger partial charge in [0.05, 0.1) is 10.5 Å². The van der Waals surface area contributed by atoms with Gasteiger partial charge in [0.1, 0.15) is 0 Å². The van der Waals surface area contributed by atoms with Crippen molar-refractivity contribution in [2.45, 2.75) is 0 Å². The number of carbonyl (C=O) groups is 1. The number of nitrogens with zero attached hydrogens (tertiary/aromatic N) is 2. The van der Waals surface area contributed by atoms with E-state index in [9.17, 15) is 14.9 Å². The maximum atomic E-state index is 11.9. The van der Waals surface area contributed by atoms with Gasteiger partial charge < -0.3 is 0 Å². The van der Waals surface area contributed by atoms with Gasteiger partial charge in [0.15, 0.2) is 0 Å². The van der Waals surface area contributed by atoms with Crippen LogP contribution >= 0.6 is 15.9 Å². The largest absolute Gasteiger partial charge is 0.272 e. The van der Waals surface area contributed by atoms with Crippen molar-refractivity contribution in [3.8, 4) is 0 Å². The van der Waals surface area contributed by atoms with Gasteiger partial charge in [-0.25, -0.2) is 5.43 Å². The molecular weight excluding hydrogens is 362 g/mol. The number of hydrogen-bond acceptors (Lipinski definition) is 4. The molecule has 0 fully saturated rings. The number of carbonyl (C=O) groups excluding carboxylic acids is 1. The molecule has 7 heteroatoms. The van der Waals surface area contributed by atoms with E-state index >= 15 is 0 Å². The van der Waals surface area contributed by atoms with Crippen molar-refractivity contribution in [1.29, 1.82) is 0 Å². The minimum Gasteiger partial charge on any atom is -0.267 e. The molecule has 0 heterocycles. The summed E-state index contributed by atoms with van der Waals surface area (Å²) in [5, 5.41) is 14.3. The van der Waals surface area contributed by atoms with Crippen molar-refractivity contribution >= 4 is 39.8 Å². The second-order valence-electron chi connectivity index (χ2n) is 4.41. The highest BCUT2D eigenvalue weighted by Gasteiger charge is 2.07. The molecule has 0 spiro atoms. The number of allylic oxidation sites excluding steroid dienone is 1. The quantitative estimate of drug-likeness (QED) is 0.491. The first-order chi connectivity index (χ1) is 11.1. The zero-order valence-electron chi connectivity index (χ0n) is 11.8. The molecule has 0 saturated carbocycles. The zero-order chi connectivity index (χ0) is 16.7. The fraction of sp³-hybridized carbons (Fsp3) is 0. The summed E-state index contributed by atoms with van der Waals surface area (Å²) >= 11 is 3.29. The lowest BCUT2D eigenvalue weighted by Gasteiger charge is -2.01. The highest BCUT2D eigenvalue weighted by atomic mass is 79.9. The zero-order valence-corrected chi connectivity index (χ0v) is 13.4. The van der Waals surface area contributed by atoms with Crippen molar-refractivity contribution in [1.82, 2.24) is 5.43 Å². The second kappa shape index (κ2) is 8.00. The minimum atomic E-state index is -0.452. The normalized spacial score (nSPS) is 11.0. The van der Waals surface area contributed by atoms with Gasteiger partial charge >= 0.3 is 0 Å². The van der Waals surface area contributed by atoms with Crippen LogP contribution in [-0.2, 0) is 0 Å². The number of nitro benzene ring substituents is 1. The molecule has 0 radical (unpaired) electrons. The van der Waals surface area contributed by atoms with Crippen LogP contribution in [0.4, 0.5) is 5.69 Å². The summed E-state index contributed by atoms with van der Waals surface area (Å²) in [6.07, 6.45) is 4.77. The Hall–Kier alpha value is -2.80. The van der Waals surface area contributed by atoms with Gasteiger partial charge in [0.25, 0.3) is 11.6 Å². The van der Waals surface area contributed by atoms with Crippen molar-refractivity contribution in [2.24, 2.45) is 5.10 Å². The summed E-state index contributed by atoms with van der Waals surface area (Å²) in [6.45, 7) is 0. The van der Waals surface area contributed by atoms with Crippen molar-refractivity contribution in [2.75, 3.05) is 0 Å². The summed E-state index contributed by atoms with van der Waals surface area (Å²) in [5.74, 6) is -0.322. The highest BCUT2D eigenvalue weighted by Crippen LogP contribution is 2.15. The summed E-state index contributed by atoms with van der Waals surface area (Å²) in [7, 11) is 0. The van der Waals surface area contributed by atoms with E-state index in [1.165, 1.54) is 18.3 Å². The molecule has 2 aromatic carbocycles. The van der Waals surface area contributed by atoms with Crippen LogP contribution in [-0.4, -0.2) is 17.0 Å². The third-order valence-corrected chi connectivity index (χ3v) is 3.53. The fourth-order valence-electron chi connectivity index (χ4n) is 1.71. The van der Waals surface area contributed by atoms with Crippen LogP contribution in [0.5, 0.6) is 0 Å². The van der Waals surface area contributed by atoms with Crippen LogP contribution in [0.25, 0.3) is 6.08 Å². The minimum absolute atomic E-state index is 0.0384. The molecule has 0 bridgehead atoms. The summed E-state index contributed by atoms with van der Waals surface area (Å²) in [5.41, 5.74) is 3.73. The number of rotatable bonds is 5. The summed E-state index contributed by atoms with van der Waals surface area (Å²) in [4.78, 5) is 21.9. The van der Waals surface area contributed by atoms with Crippen LogP contribution in [0.1, 0.15) is 15.9 Å². The van der Waals surface area contributed by atoms with Gasteiger partial charge in [0.2, 0.25) is 0 Å². The van der Waals surface area contributed by atoms with E-state index in [4.69, 9.17) is 0 Å². The Kier molecular flexibility index (Phi) is 5.76. The average molecular weight is 374 g/mol. The monoisotopic (exact) mass is 373 g/mol. The Labute approximate surface area is 140 Å². The van der Waals surface area contributed by atoms with Gasteiger partial charge in [-0.05, 0) is 51.8 Å². The number of hydrogen-bond donors (Lipinski definition) is 1. The number of benzene rings is 2. The molecule has 0 atom stereocenters. The van der Waals surface area contributed by atoms with Crippen LogP contribution < -0.4 is 5.43 Å². The fourth-order valence-corrected chi connectivity index (χ4v) is 2.17. The van der Waals surface area contributed by atoms with E-state index in [1.54, 1.807) is 42.5 Å². The Morgan fingerprint density at radius 2 is 1.87 bits per heavy atom. The molecule has 6 nitrogen and oxygen atoms in total. The number of non-ortho nitro benzene ring substituents is 1. The molecule has 0 aromatic heterocycles. The molecule has 1 amide bonds. The van der Waals surface area contributed by atoms with E-state index < -0.39 is 4.92 Å². The number of amides is 1. The standard InChI is InChI=1S/C16H12BrN3O3/c17-15-6-2-1-5-14(15)16(21)19-18-11-3-4-12-7-9-13(10-8-12)20(22)23/h1-11H,(H,19,21)/b4-3+,18-11+. The van der Waals surface area contributed by atoms with Gasteiger partial charge in [-0.15, -0.1) is 0 Å². The van der Waals surface area contributed by atoms with Gasteiger partial charge in [0, 0.05) is 22.8 Å². The Balaban J connectivity index is 1.90. The van der Waals surface area contributed by atoms with Gasteiger partial charge in [-0.3, -0.25) is 14.9 Å². The maximum Gasteiger partial charge on any atom is 0.272 e. The van der Waals surface area contributed by atoms with Crippen LogP contribution in [0.3, 0.4) is 0 Å². The molecule has 0 unspecified atom stereocenters. The molecule has 23 heavy (non-hydrogen) atoms. The van der Waals surface area contributed by atoms with Crippen LogP contribution in [0.2, 0.25) is 0 Å². The highest BCUT2D eigenvalue weighted by molar-refractivity contribution is 9.10. The first-order valence-electron chi connectivity index (χ1n) is 6.57. The molecule has 2 rings (SSSR count). The SMILES string of the molecule is O=C(N/N=C/C=C/c1ccc([N+](=O)[O-])cc1)c1ccccc1Br. The van der Waals surface area contributed by atoms with Crippen LogP contribution in [0.15, 0.2) is 64.2 Å². The topological polar surface area (TPSA) is 84.6 Å². The van der Waals surface area contributed by atoms with Crippen molar-refractivity contribution < 1.29 is 9.72 Å². The Morgan fingerprint density at radius 3 is 2.52 bits per heavy atom. The molecule has 1 N–H and O–H groups in total. The average Bonchev–Trinajstić information content (AvgIpc) is 2.55. The molecule has 0 saturated heterocycles. The molecule has 116 valence electrons. The van der Waals surface area contributed by atoms with E-state index in [-0.39, 0.29) is 11.6 Å². The summed E-state index contributed by atoms with van der Waals surface area (Å²) in [6, 6.07) is 13.1. The van der Waals surface area contributed by atoms with E-state index in [2.05, 4.69) is 26.5 Å². The smallest absolute Gasteiger partial charge is 0.267 e. The van der Waals surface area contributed by atoms with E-state index in [0.717, 1.165) is 5.56 Å². The Bertz CT molecular complexity index is 770. The Morgan fingerprint density at radius 1 is 1.17 bits per heavy atom. The first-order valence-corrected chi connectivity index (χ1v) is 7.36. The number of hydrazone groups is 1. The molecular formula is C16H12BrN3O3. The third-order valence-electron chi connectivity index (χ3n) is 2.84. The lowest BCUT2D eigenvalue weighted by molar-refractivity contribution is -0.384. The molecule has 2 aromatic rings. The second-order valence-corrected chi connectivity index (χ2v) is 5.26. The molecule has 0 aliphatic rings. The van der Waals surface area contributed by atoms with Gasteiger partial charge in [-0.1, -0.05) is 18.2 Å². The lowest BCUT2D eigenvalue weighted by atomic mass is 10.2. The van der Waals surface area contributed by atoms with Crippen molar-refractivity contribution in [3.05, 3.63) is 80.3 Å². The first kappa shape index (κ1) is 16.6. The molecule has 0 aliphatic heterocycles.